The van der Waals surface area contributed by atoms with E-state index in [9.17, 15) is 19.8 Å². The van der Waals surface area contributed by atoms with Gasteiger partial charge in [0.05, 0.1) is 0 Å². The lowest BCUT2D eigenvalue weighted by Crippen LogP contribution is -2.47. The number of carboxylic acid groups (broad SMARTS) is 1. The SMILES string of the molecule is CC(C)C[C@@H](O)C(=O)N[C@@H](Cc1cccnc1Br)C(=O)O. The van der Waals surface area contributed by atoms with Gasteiger partial charge in [-0.1, -0.05) is 19.9 Å². The summed E-state index contributed by atoms with van der Waals surface area (Å²) in [6.07, 6.45) is 0.747. The highest BCUT2D eigenvalue weighted by atomic mass is 79.9. The monoisotopic (exact) mass is 358 g/mol. The Labute approximate surface area is 131 Å². The minimum atomic E-state index is -1.20. The van der Waals surface area contributed by atoms with Crippen LogP contribution in [0.5, 0.6) is 0 Å². The fourth-order valence-electron chi connectivity index (χ4n) is 1.81. The van der Waals surface area contributed by atoms with E-state index in [1.54, 1.807) is 18.3 Å². The predicted octanol–water partition coefficient (Wildman–Crippen LogP) is 1.36. The van der Waals surface area contributed by atoms with Crippen LogP contribution in [0.3, 0.4) is 0 Å². The lowest BCUT2D eigenvalue weighted by atomic mass is 10.0. The Hall–Kier alpha value is -1.47. The van der Waals surface area contributed by atoms with Gasteiger partial charge < -0.3 is 15.5 Å². The first-order chi connectivity index (χ1) is 9.81. The second-order valence-corrected chi connectivity index (χ2v) is 5.95. The summed E-state index contributed by atoms with van der Waals surface area (Å²) >= 11 is 3.24. The molecule has 0 radical (unpaired) electrons. The fourth-order valence-corrected chi connectivity index (χ4v) is 2.23. The summed E-state index contributed by atoms with van der Waals surface area (Å²) in [5.74, 6) is -1.69. The van der Waals surface area contributed by atoms with E-state index in [1.807, 2.05) is 13.8 Å². The summed E-state index contributed by atoms with van der Waals surface area (Å²) in [5, 5.41) is 21.3. The molecular formula is C14H19BrN2O4. The molecule has 21 heavy (non-hydrogen) atoms. The molecule has 3 N–H and O–H groups in total. The van der Waals surface area contributed by atoms with E-state index in [-0.39, 0.29) is 18.8 Å². The van der Waals surface area contributed by atoms with Crippen molar-refractivity contribution in [3.8, 4) is 0 Å². The zero-order valence-electron chi connectivity index (χ0n) is 11.9. The quantitative estimate of drug-likeness (QED) is 0.639. The Morgan fingerprint density at radius 3 is 2.62 bits per heavy atom. The van der Waals surface area contributed by atoms with Gasteiger partial charge in [0.2, 0.25) is 5.91 Å². The van der Waals surface area contributed by atoms with Crippen molar-refractivity contribution >= 4 is 27.8 Å². The third kappa shape index (κ3) is 5.81. The van der Waals surface area contributed by atoms with Gasteiger partial charge in [0, 0.05) is 12.6 Å². The topological polar surface area (TPSA) is 99.5 Å². The number of nitrogens with zero attached hydrogens (tertiary/aromatic N) is 1. The number of aliphatic hydroxyl groups excluding tert-OH is 1. The van der Waals surface area contributed by atoms with Crippen LogP contribution in [0.1, 0.15) is 25.8 Å². The van der Waals surface area contributed by atoms with Crippen LogP contribution in [0, 0.1) is 5.92 Å². The fraction of sp³-hybridized carbons (Fsp3) is 0.500. The van der Waals surface area contributed by atoms with Crippen LogP contribution in [-0.4, -0.2) is 39.2 Å². The van der Waals surface area contributed by atoms with E-state index >= 15 is 0 Å². The first-order valence-electron chi connectivity index (χ1n) is 6.62. The van der Waals surface area contributed by atoms with Crippen LogP contribution in [-0.2, 0) is 16.0 Å². The highest BCUT2D eigenvalue weighted by molar-refractivity contribution is 9.10. The molecule has 0 aliphatic rings. The molecule has 7 heteroatoms. The Bertz CT molecular complexity index is 508. The van der Waals surface area contributed by atoms with Crippen LogP contribution < -0.4 is 5.32 Å². The van der Waals surface area contributed by atoms with Crippen LogP contribution in [0.4, 0.5) is 0 Å². The number of pyridine rings is 1. The van der Waals surface area contributed by atoms with Gasteiger partial charge >= 0.3 is 5.97 Å². The average molecular weight is 359 g/mol. The zero-order chi connectivity index (χ0) is 16.0. The van der Waals surface area contributed by atoms with Gasteiger partial charge in [-0.05, 0) is 39.9 Å². The summed E-state index contributed by atoms with van der Waals surface area (Å²) in [5.41, 5.74) is 0.670. The summed E-state index contributed by atoms with van der Waals surface area (Å²) < 4.78 is 0.535. The number of hydrogen-bond acceptors (Lipinski definition) is 4. The molecule has 0 spiro atoms. The molecule has 0 aliphatic carbocycles. The lowest BCUT2D eigenvalue weighted by molar-refractivity contribution is -0.143. The predicted molar refractivity (Wildman–Crippen MR) is 80.7 cm³/mol. The largest absolute Gasteiger partial charge is 0.480 e. The summed E-state index contributed by atoms with van der Waals surface area (Å²) in [6, 6.07) is 2.30. The molecule has 0 aliphatic heterocycles. The summed E-state index contributed by atoms with van der Waals surface area (Å²) in [7, 11) is 0. The smallest absolute Gasteiger partial charge is 0.326 e. The number of carbonyl (C=O) groups excluding carboxylic acids is 1. The molecule has 0 saturated carbocycles. The van der Waals surface area contributed by atoms with Gasteiger partial charge in [-0.25, -0.2) is 9.78 Å². The van der Waals surface area contributed by atoms with Crippen molar-refractivity contribution in [1.82, 2.24) is 10.3 Å². The number of halogens is 1. The van der Waals surface area contributed by atoms with Crippen molar-refractivity contribution in [3.63, 3.8) is 0 Å². The average Bonchev–Trinajstić information content (AvgIpc) is 2.39. The van der Waals surface area contributed by atoms with Crippen molar-refractivity contribution in [1.29, 1.82) is 0 Å². The summed E-state index contributed by atoms with van der Waals surface area (Å²) in [4.78, 5) is 27.1. The summed E-state index contributed by atoms with van der Waals surface area (Å²) in [6.45, 7) is 3.75. The first-order valence-corrected chi connectivity index (χ1v) is 7.41. The number of carbonyl (C=O) groups is 2. The second-order valence-electron chi connectivity index (χ2n) is 5.20. The Balaban J connectivity index is 2.73. The van der Waals surface area contributed by atoms with Crippen molar-refractivity contribution in [2.24, 2.45) is 5.92 Å². The van der Waals surface area contributed by atoms with Crippen LogP contribution in [0.25, 0.3) is 0 Å². The molecule has 1 amide bonds. The Kier molecular flexibility index (Phi) is 6.77. The van der Waals surface area contributed by atoms with Crippen LogP contribution in [0.15, 0.2) is 22.9 Å². The van der Waals surface area contributed by atoms with Gasteiger partial charge in [-0.2, -0.15) is 0 Å². The highest BCUT2D eigenvalue weighted by Gasteiger charge is 2.25. The van der Waals surface area contributed by atoms with Crippen LogP contribution >= 0.6 is 15.9 Å². The maximum Gasteiger partial charge on any atom is 0.326 e. The Morgan fingerprint density at radius 2 is 2.10 bits per heavy atom. The third-order valence-corrected chi connectivity index (χ3v) is 3.59. The molecule has 116 valence electrons. The number of aliphatic carboxylic acids is 1. The van der Waals surface area contributed by atoms with Crippen LogP contribution in [0.2, 0.25) is 0 Å². The molecule has 0 bridgehead atoms. The molecule has 0 fully saturated rings. The lowest BCUT2D eigenvalue weighted by Gasteiger charge is -2.18. The molecular weight excluding hydrogens is 340 g/mol. The molecule has 0 unspecified atom stereocenters. The maximum absolute atomic E-state index is 11.8. The van der Waals surface area contributed by atoms with Gasteiger partial charge in [-0.3, -0.25) is 4.79 Å². The molecule has 1 rings (SSSR count). The Morgan fingerprint density at radius 1 is 1.43 bits per heavy atom. The number of nitrogens with one attached hydrogen (secondary N) is 1. The standard InChI is InChI=1S/C14H19BrN2O4/c1-8(2)6-11(18)13(19)17-10(14(20)21)7-9-4-3-5-16-12(9)15/h3-5,8,10-11,18H,6-7H2,1-2H3,(H,17,19)(H,20,21)/t10-,11+/m0/s1. The van der Waals surface area contributed by atoms with Crippen molar-refractivity contribution in [2.75, 3.05) is 0 Å². The van der Waals surface area contributed by atoms with Gasteiger partial charge in [-0.15, -0.1) is 0 Å². The minimum absolute atomic E-state index is 0.0872. The molecule has 1 aromatic heterocycles. The number of amides is 1. The third-order valence-electron chi connectivity index (χ3n) is 2.87. The van der Waals surface area contributed by atoms with Crippen molar-refractivity contribution < 1.29 is 19.8 Å². The van der Waals surface area contributed by atoms with Gasteiger partial charge in [0.15, 0.2) is 0 Å². The second kappa shape index (κ2) is 8.09. The molecule has 2 atom stereocenters. The molecule has 0 aromatic carbocycles. The minimum Gasteiger partial charge on any atom is -0.480 e. The zero-order valence-corrected chi connectivity index (χ0v) is 13.5. The van der Waals surface area contributed by atoms with E-state index in [2.05, 4.69) is 26.2 Å². The molecule has 1 aromatic rings. The van der Waals surface area contributed by atoms with E-state index in [0.29, 0.717) is 10.2 Å². The molecule has 1 heterocycles. The number of aromatic nitrogens is 1. The number of carboxylic acids is 1. The van der Waals surface area contributed by atoms with E-state index < -0.39 is 24.0 Å². The van der Waals surface area contributed by atoms with Gasteiger partial charge in [0.25, 0.3) is 0 Å². The van der Waals surface area contributed by atoms with E-state index in [4.69, 9.17) is 0 Å². The van der Waals surface area contributed by atoms with E-state index in [1.165, 1.54) is 0 Å². The number of rotatable bonds is 7. The number of aliphatic hydroxyl groups is 1. The highest BCUT2D eigenvalue weighted by Crippen LogP contribution is 2.15. The maximum atomic E-state index is 11.8. The van der Waals surface area contributed by atoms with Gasteiger partial charge in [0.1, 0.15) is 16.7 Å². The molecule has 6 nitrogen and oxygen atoms in total. The van der Waals surface area contributed by atoms with Crippen molar-refractivity contribution in [3.05, 3.63) is 28.5 Å². The first kappa shape index (κ1) is 17.6. The van der Waals surface area contributed by atoms with E-state index in [0.717, 1.165) is 0 Å². The van der Waals surface area contributed by atoms with Crippen molar-refractivity contribution in [2.45, 2.75) is 38.8 Å². The molecule has 0 saturated heterocycles. The normalized spacial score (nSPS) is 13.8. The number of hydrogen-bond donors (Lipinski definition) is 3.